The maximum Gasteiger partial charge on any atom is 0.416 e. The highest BCUT2D eigenvalue weighted by Crippen LogP contribution is 2.44. The second-order valence-corrected chi connectivity index (χ2v) is 7.66. The van der Waals surface area contributed by atoms with Crippen LogP contribution < -0.4 is 4.90 Å². The number of rotatable bonds is 3. The zero-order valence-electron chi connectivity index (χ0n) is 15.1. The van der Waals surface area contributed by atoms with E-state index in [1.807, 2.05) is 0 Å². The summed E-state index contributed by atoms with van der Waals surface area (Å²) in [5, 5.41) is 11.3. The molecule has 2 bridgehead atoms. The summed E-state index contributed by atoms with van der Waals surface area (Å²) >= 11 is 0. The Morgan fingerprint density at radius 1 is 1.11 bits per heavy atom. The predicted octanol–water partition coefficient (Wildman–Crippen LogP) is 3.47. The predicted molar refractivity (Wildman–Crippen MR) is 95.7 cm³/mol. The Kier molecular flexibility index (Phi) is 4.55. The van der Waals surface area contributed by atoms with Gasteiger partial charge < -0.3 is 9.80 Å². The smallest absolute Gasteiger partial charge is 0.362 e. The van der Waals surface area contributed by atoms with Crippen molar-refractivity contribution in [2.75, 3.05) is 31.1 Å². The highest BCUT2D eigenvalue weighted by molar-refractivity contribution is 5.80. The van der Waals surface area contributed by atoms with Gasteiger partial charge in [-0.2, -0.15) is 13.2 Å². The topological polar surface area (TPSA) is 66.7 Å². The maximum atomic E-state index is 12.9. The molecule has 1 aliphatic heterocycles. The molecule has 9 heteroatoms. The lowest BCUT2D eigenvalue weighted by atomic mass is 9.92. The molecule has 1 amide bonds. The minimum atomic E-state index is -4.64. The Bertz CT molecular complexity index is 831. The standard InChI is InChI=1S/C19H20F3N3O3/c20-19(21,22)14-3-4-16(17(11-14)25(27)28)23-5-7-24(8-6-23)18(26)15-10-12-1-2-13(15)9-12/h1-4,11-13,15H,5-10H2/t12-,13+,15+/m1/s1. The third-order valence-electron chi connectivity index (χ3n) is 6.03. The van der Waals surface area contributed by atoms with E-state index in [0.717, 1.165) is 25.0 Å². The summed E-state index contributed by atoms with van der Waals surface area (Å²) in [6, 6.07) is 2.59. The van der Waals surface area contributed by atoms with Crippen LogP contribution >= 0.6 is 0 Å². The highest BCUT2D eigenvalue weighted by atomic mass is 19.4. The minimum absolute atomic E-state index is 0.0157. The number of piperazine rings is 1. The van der Waals surface area contributed by atoms with E-state index in [1.54, 1.807) is 9.80 Å². The maximum absolute atomic E-state index is 12.9. The molecule has 0 N–H and O–H groups in total. The zero-order valence-corrected chi connectivity index (χ0v) is 15.1. The number of benzene rings is 1. The van der Waals surface area contributed by atoms with Crippen LogP contribution in [0.1, 0.15) is 18.4 Å². The molecule has 0 spiro atoms. The lowest BCUT2D eigenvalue weighted by molar-refractivity contribution is -0.384. The third kappa shape index (κ3) is 3.33. The van der Waals surface area contributed by atoms with Crippen molar-refractivity contribution in [2.45, 2.75) is 19.0 Å². The van der Waals surface area contributed by atoms with Crippen LogP contribution in [0.2, 0.25) is 0 Å². The Hall–Kier alpha value is -2.58. The van der Waals surface area contributed by atoms with Crippen molar-refractivity contribution in [1.82, 2.24) is 4.90 Å². The van der Waals surface area contributed by atoms with Gasteiger partial charge in [-0.15, -0.1) is 0 Å². The first-order valence-electron chi connectivity index (χ1n) is 9.31. The number of amides is 1. The van der Waals surface area contributed by atoms with Crippen molar-refractivity contribution in [1.29, 1.82) is 0 Å². The molecule has 2 fully saturated rings. The number of halogens is 3. The van der Waals surface area contributed by atoms with Crippen LogP contribution in [-0.2, 0) is 11.0 Å². The molecule has 1 saturated heterocycles. The van der Waals surface area contributed by atoms with E-state index < -0.39 is 22.4 Å². The Morgan fingerprint density at radius 2 is 1.82 bits per heavy atom. The fraction of sp³-hybridized carbons (Fsp3) is 0.526. The summed E-state index contributed by atoms with van der Waals surface area (Å²) in [6.07, 6.45) is 1.58. The molecule has 28 heavy (non-hydrogen) atoms. The average molecular weight is 395 g/mol. The first-order valence-corrected chi connectivity index (χ1v) is 9.31. The summed E-state index contributed by atoms with van der Waals surface area (Å²) in [6.45, 7) is 1.53. The van der Waals surface area contributed by atoms with Gasteiger partial charge in [-0.25, -0.2) is 0 Å². The number of hydrogen-bond acceptors (Lipinski definition) is 4. The van der Waals surface area contributed by atoms with Crippen LogP contribution in [0.3, 0.4) is 0 Å². The Labute approximate surface area is 159 Å². The van der Waals surface area contributed by atoms with E-state index in [1.165, 1.54) is 0 Å². The van der Waals surface area contributed by atoms with Crippen molar-refractivity contribution in [3.63, 3.8) is 0 Å². The van der Waals surface area contributed by atoms with E-state index in [9.17, 15) is 28.1 Å². The lowest BCUT2D eigenvalue weighted by Crippen LogP contribution is -2.51. The van der Waals surface area contributed by atoms with Crippen LogP contribution in [0.5, 0.6) is 0 Å². The van der Waals surface area contributed by atoms with Crippen LogP contribution in [0.25, 0.3) is 0 Å². The summed E-state index contributed by atoms with van der Waals surface area (Å²) in [4.78, 5) is 26.8. The summed E-state index contributed by atoms with van der Waals surface area (Å²) in [7, 11) is 0. The average Bonchev–Trinajstić information content (AvgIpc) is 3.30. The molecule has 1 saturated carbocycles. The van der Waals surface area contributed by atoms with Gasteiger partial charge in [0, 0.05) is 38.2 Å². The molecule has 3 aliphatic rings. The lowest BCUT2D eigenvalue weighted by Gasteiger charge is -2.37. The van der Waals surface area contributed by atoms with Gasteiger partial charge in [0.1, 0.15) is 5.69 Å². The first kappa shape index (κ1) is 18.8. The number of anilines is 1. The number of nitro groups is 1. The summed E-state index contributed by atoms with van der Waals surface area (Å²) in [5.41, 5.74) is -1.44. The first-order chi connectivity index (χ1) is 13.2. The molecule has 3 atom stereocenters. The Morgan fingerprint density at radius 3 is 2.36 bits per heavy atom. The normalized spacial score (nSPS) is 26.8. The van der Waals surface area contributed by atoms with Gasteiger partial charge in [0.05, 0.1) is 10.5 Å². The van der Waals surface area contributed by atoms with E-state index in [0.29, 0.717) is 44.1 Å². The number of allylic oxidation sites excluding steroid dienone is 2. The van der Waals surface area contributed by atoms with Gasteiger partial charge in [0.2, 0.25) is 5.91 Å². The van der Waals surface area contributed by atoms with Crippen LogP contribution in [0.15, 0.2) is 30.4 Å². The molecular weight excluding hydrogens is 375 g/mol. The molecule has 0 radical (unpaired) electrons. The van der Waals surface area contributed by atoms with E-state index >= 15 is 0 Å². The highest BCUT2D eigenvalue weighted by Gasteiger charge is 2.42. The molecule has 4 rings (SSSR count). The molecule has 1 heterocycles. The number of alkyl halides is 3. The molecule has 1 aromatic carbocycles. The van der Waals surface area contributed by atoms with Crippen LogP contribution in [0.4, 0.5) is 24.5 Å². The second-order valence-electron chi connectivity index (χ2n) is 7.66. The van der Waals surface area contributed by atoms with Gasteiger partial charge in [0.15, 0.2) is 0 Å². The molecule has 1 aromatic rings. The number of nitro benzene ring substituents is 1. The second kappa shape index (κ2) is 6.79. The van der Waals surface area contributed by atoms with Gasteiger partial charge >= 0.3 is 6.18 Å². The van der Waals surface area contributed by atoms with E-state index in [2.05, 4.69) is 12.2 Å². The fourth-order valence-electron chi connectivity index (χ4n) is 4.58. The van der Waals surface area contributed by atoms with Gasteiger partial charge in [-0.1, -0.05) is 12.2 Å². The monoisotopic (exact) mass is 395 g/mol. The minimum Gasteiger partial charge on any atom is -0.362 e. The SMILES string of the molecule is O=C([C@H]1C[C@@H]2C=C[C@H]1C2)N1CCN(c2ccc(C(F)(F)F)cc2[N+](=O)[O-])CC1. The van der Waals surface area contributed by atoms with E-state index in [4.69, 9.17) is 0 Å². The molecular formula is C19H20F3N3O3. The van der Waals surface area contributed by atoms with E-state index in [-0.39, 0.29) is 17.5 Å². The van der Waals surface area contributed by atoms with Gasteiger partial charge in [-0.05, 0) is 36.8 Å². The molecule has 6 nitrogen and oxygen atoms in total. The molecule has 0 unspecified atom stereocenters. The van der Waals surface area contributed by atoms with Crippen LogP contribution in [-0.4, -0.2) is 41.9 Å². The van der Waals surface area contributed by atoms with Gasteiger partial charge in [-0.3, -0.25) is 14.9 Å². The van der Waals surface area contributed by atoms with Crippen molar-refractivity contribution in [2.24, 2.45) is 17.8 Å². The van der Waals surface area contributed by atoms with Crippen LogP contribution in [0, 0.1) is 27.9 Å². The molecule has 0 aromatic heterocycles. The molecule has 150 valence electrons. The quantitative estimate of drug-likeness (QED) is 0.447. The number of fused-ring (bicyclic) bond motifs is 2. The summed E-state index contributed by atoms with van der Waals surface area (Å²) in [5.74, 6) is 0.946. The number of hydrogen-bond donors (Lipinski definition) is 0. The van der Waals surface area contributed by atoms with Crippen molar-refractivity contribution >= 4 is 17.3 Å². The Balaban J connectivity index is 1.45. The van der Waals surface area contributed by atoms with Gasteiger partial charge in [0.25, 0.3) is 5.69 Å². The zero-order chi connectivity index (χ0) is 20.1. The summed E-state index contributed by atoms with van der Waals surface area (Å²) < 4.78 is 38.6. The largest absolute Gasteiger partial charge is 0.416 e. The van der Waals surface area contributed by atoms with Crippen molar-refractivity contribution < 1.29 is 22.9 Å². The third-order valence-corrected chi connectivity index (χ3v) is 6.03. The number of carbonyl (C=O) groups excluding carboxylic acids is 1. The number of nitrogens with zero attached hydrogens (tertiary/aromatic N) is 3. The fourth-order valence-corrected chi connectivity index (χ4v) is 4.58. The van der Waals surface area contributed by atoms with Crippen molar-refractivity contribution in [3.8, 4) is 0 Å². The number of carbonyl (C=O) groups is 1. The molecule has 2 aliphatic carbocycles. The van der Waals surface area contributed by atoms with Crippen molar-refractivity contribution in [3.05, 3.63) is 46.0 Å².